The molecule has 1 heterocycles. The van der Waals surface area contributed by atoms with Crippen molar-refractivity contribution in [2.75, 3.05) is 6.26 Å². The van der Waals surface area contributed by atoms with Crippen LogP contribution in [0.4, 0.5) is 0 Å². The van der Waals surface area contributed by atoms with E-state index in [9.17, 15) is 0 Å². The van der Waals surface area contributed by atoms with Crippen LogP contribution in [0.5, 0.6) is 0 Å². The minimum atomic E-state index is 0.526. The average molecular weight is 261 g/mol. The fourth-order valence-corrected chi connectivity index (χ4v) is 4.17. The van der Waals surface area contributed by atoms with Crippen molar-refractivity contribution in [2.45, 2.75) is 15.7 Å². The summed E-state index contributed by atoms with van der Waals surface area (Å²) in [5.41, 5.74) is 1.12. The maximum atomic E-state index is 5.87. The first-order valence-corrected chi connectivity index (χ1v) is 7.18. The van der Waals surface area contributed by atoms with Gasteiger partial charge < -0.3 is 0 Å². The SMILES string of the molecule is CSc1c(S)c(CCl)cc2ccsc12. The highest BCUT2D eigenvalue weighted by molar-refractivity contribution is 7.99. The predicted octanol–water partition coefficient (Wildman–Crippen LogP) is 4.65. The van der Waals surface area contributed by atoms with E-state index in [1.807, 2.05) is 0 Å². The van der Waals surface area contributed by atoms with Crippen LogP contribution in [0.25, 0.3) is 10.1 Å². The van der Waals surface area contributed by atoms with E-state index in [2.05, 4.69) is 36.4 Å². The van der Waals surface area contributed by atoms with Gasteiger partial charge in [-0.05, 0) is 34.7 Å². The molecule has 0 aliphatic carbocycles. The molecule has 4 heteroatoms. The fraction of sp³-hybridized carbons (Fsp3) is 0.200. The van der Waals surface area contributed by atoms with Gasteiger partial charge in [0, 0.05) is 20.4 Å². The van der Waals surface area contributed by atoms with E-state index in [0.717, 1.165) is 10.5 Å². The summed E-state index contributed by atoms with van der Waals surface area (Å²) in [5.74, 6) is 0.526. The maximum absolute atomic E-state index is 5.87. The maximum Gasteiger partial charge on any atom is 0.0489 e. The Balaban J connectivity index is 2.80. The number of halogens is 1. The molecule has 0 aliphatic rings. The second-order valence-electron chi connectivity index (χ2n) is 2.89. The van der Waals surface area contributed by atoms with Gasteiger partial charge in [0.15, 0.2) is 0 Å². The van der Waals surface area contributed by atoms with E-state index in [1.165, 1.54) is 15.0 Å². The lowest BCUT2D eigenvalue weighted by Crippen LogP contribution is -1.84. The third-order valence-electron chi connectivity index (χ3n) is 2.10. The van der Waals surface area contributed by atoms with Gasteiger partial charge in [-0.2, -0.15) is 0 Å². The summed E-state index contributed by atoms with van der Waals surface area (Å²) < 4.78 is 1.32. The zero-order valence-corrected chi connectivity index (χ0v) is 10.9. The molecule has 0 saturated carbocycles. The first-order valence-electron chi connectivity index (χ1n) is 4.10. The molecule has 2 aromatic rings. The third-order valence-corrected chi connectivity index (χ3v) is 4.94. The molecule has 14 heavy (non-hydrogen) atoms. The summed E-state index contributed by atoms with van der Waals surface area (Å²) in [6.07, 6.45) is 2.08. The van der Waals surface area contributed by atoms with Crippen molar-refractivity contribution in [1.82, 2.24) is 0 Å². The number of thiophene rings is 1. The molecule has 2 rings (SSSR count). The van der Waals surface area contributed by atoms with Crippen LogP contribution in [-0.4, -0.2) is 6.26 Å². The Labute approximate surface area is 102 Å². The number of alkyl halides is 1. The standard InChI is InChI=1S/C10H9ClS3/c1-13-10-8(12)7(5-11)4-6-2-3-14-9(6)10/h2-4,12H,5H2,1H3. The van der Waals surface area contributed by atoms with E-state index in [4.69, 9.17) is 11.6 Å². The second-order valence-corrected chi connectivity index (χ2v) is 5.34. The third kappa shape index (κ3) is 1.67. The van der Waals surface area contributed by atoms with Gasteiger partial charge >= 0.3 is 0 Å². The summed E-state index contributed by atoms with van der Waals surface area (Å²) >= 11 is 13.9. The van der Waals surface area contributed by atoms with Crippen LogP contribution in [0.15, 0.2) is 27.3 Å². The molecule has 0 fully saturated rings. The van der Waals surface area contributed by atoms with E-state index in [0.29, 0.717) is 5.88 Å². The van der Waals surface area contributed by atoms with Crippen LogP contribution in [0.3, 0.4) is 0 Å². The second kappa shape index (κ2) is 4.35. The quantitative estimate of drug-likeness (QED) is 0.466. The fourth-order valence-electron chi connectivity index (χ4n) is 1.42. The van der Waals surface area contributed by atoms with Gasteiger partial charge in [-0.1, -0.05) is 0 Å². The van der Waals surface area contributed by atoms with Crippen molar-refractivity contribution < 1.29 is 0 Å². The Morgan fingerprint density at radius 2 is 2.36 bits per heavy atom. The summed E-state index contributed by atoms with van der Waals surface area (Å²) in [6.45, 7) is 0. The number of benzene rings is 1. The number of hydrogen-bond donors (Lipinski definition) is 1. The molecule has 0 amide bonds. The highest BCUT2D eigenvalue weighted by atomic mass is 35.5. The van der Waals surface area contributed by atoms with Crippen molar-refractivity contribution in [3.63, 3.8) is 0 Å². The van der Waals surface area contributed by atoms with Gasteiger partial charge in [-0.3, -0.25) is 0 Å². The molecule has 0 radical (unpaired) electrons. The van der Waals surface area contributed by atoms with E-state index in [1.54, 1.807) is 23.1 Å². The molecular formula is C10H9ClS3. The van der Waals surface area contributed by atoms with Gasteiger partial charge in [0.05, 0.1) is 0 Å². The highest BCUT2D eigenvalue weighted by Crippen LogP contribution is 2.38. The zero-order chi connectivity index (χ0) is 10.1. The highest BCUT2D eigenvalue weighted by Gasteiger charge is 2.10. The molecule has 0 bridgehead atoms. The lowest BCUT2D eigenvalue weighted by atomic mass is 10.2. The van der Waals surface area contributed by atoms with Crippen molar-refractivity contribution in [3.05, 3.63) is 23.1 Å². The van der Waals surface area contributed by atoms with Crippen molar-refractivity contribution in [2.24, 2.45) is 0 Å². The number of thioether (sulfide) groups is 1. The molecular weight excluding hydrogens is 252 g/mol. The van der Waals surface area contributed by atoms with Crippen LogP contribution in [-0.2, 0) is 5.88 Å². The van der Waals surface area contributed by atoms with Crippen LogP contribution in [0.1, 0.15) is 5.56 Å². The van der Waals surface area contributed by atoms with Crippen molar-refractivity contribution >= 4 is 57.4 Å². The topological polar surface area (TPSA) is 0 Å². The number of rotatable bonds is 2. The molecule has 0 saturated heterocycles. The minimum Gasteiger partial charge on any atom is -0.143 e. The van der Waals surface area contributed by atoms with Crippen LogP contribution in [0.2, 0.25) is 0 Å². The average Bonchev–Trinajstić information content (AvgIpc) is 2.64. The molecule has 0 spiro atoms. The molecule has 0 aliphatic heterocycles. The zero-order valence-electron chi connectivity index (χ0n) is 7.58. The van der Waals surface area contributed by atoms with Gasteiger partial charge in [-0.25, -0.2) is 0 Å². The van der Waals surface area contributed by atoms with Crippen LogP contribution >= 0.6 is 47.3 Å². The Morgan fingerprint density at radius 1 is 1.57 bits per heavy atom. The molecule has 0 N–H and O–H groups in total. The van der Waals surface area contributed by atoms with Crippen LogP contribution in [0, 0.1) is 0 Å². The number of hydrogen-bond acceptors (Lipinski definition) is 3. The first kappa shape index (κ1) is 10.7. The Morgan fingerprint density at radius 3 is 3.00 bits per heavy atom. The molecule has 74 valence electrons. The summed E-state index contributed by atoms with van der Waals surface area (Å²) in [6, 6.07) is 4.25. The summed E-state index contributed by atoms with van der Waals surface area (Å²) in [4.78, 5) is 2.28. The Hall–Kier alpha value is 0.170. The predicted molar refractivity (Wildman–Crippen MR) is 70.4 cm³/mol. The summed E-state index contributed by atoms with van der Waals surface area (Å²) in [7, 11) is 0. The van der Waals surface area contributed by atoms with Crippen LogP contribution < -0.4 is 0 Å². The van der Waals surface area contributed by atoms with Crippen molar-refractivity contribution in [3.8, 4) is 0 Å². The minimum absolute atomic E-state index is 0.526. The molecule has 0 atom stereocenters. The Bertz CT molecular complexity index is 462. The normalized spacial score (nSPS) is 11.1. The lowest BCUT2D eigenvalue weighted by Gasteiger charge is -2.07. The van der Waals surface area contributed by atoms with Gasteiger partial charge in [-0.15, -0.1) is 47.3 Å². The van der Waals surface area contributed by atoms with Gasteiger partial charge in [0.25, 0.3) is 0 Å². The molecule has 0 nitrogen and oxygen atoms in total. The van der Waals surface area contributed by atoms with Crippen molar-refractivity contribution in [1.29, 1.82) is 0 Å². The number of thiol groups is 1. The van der Waals surface area contributed by atoms with E-state index >= 15 is 0 Å². The molecule has 1 aromatic carbocycles. The molecule has 1 aromatic heterocycles. The first-order chi connectivity index (χ1) is 6.77. The lowest BCUT2D eigenvalue weighted by molar-refractivity contribution is 1.20. The van der Waals surface area contributed by atoms with Gasteiger partial charge in [0.1, 0.15) is 0 Å². The largest absolute Gasteiger partial charge is 0.143 e. The van der Waals surface area contributed by atoms with E-state index < -0.39 is 0 Å². The van der Waals surface area contributed by atoms with E-state index in [-0.39, 0.29) is 0 Å². The van der Waals surface area contributed by atoms with Gasteiger partial charge in [0.2, 0.25) is 0 Å². The smallest absolute Gasteiger partial charge is 0.0489 e. The molecule has 0 unspecified atom stereocenters. The number of fused-ring (bicyclic) bond motifs is 1. The monoisotopic (exact) mass is 260 g/mol. The Kier molecular flexibility index (Phi) is 3.32. The summed E-state index contributed by atoms with van der Waals surface area (Å²) in [5, 5.41) is 3.38.